The zero-order chi connectivity index (χ0) is 21.4. The Balaban J connectivity index is 1.61. The number of aromatic amines is 1. The summed E-state index contributed by atoms with van der Waals surface area (Å²) in [4.78, 5) is 14.9. The van der Waals surface area contributed by atoms with Crippen molar-refractivity contribution < 1.29 is 27.1 Å². The first-order valence-corrected chi connectivity index (χ1v) is 9.62. The molecule has 2 aromatic carbocycles. The number of halogens is 4. The second-order valence-electron chi connectivity index (χ2n) is 7.53. The maximum Gasteiger partial charge on any atom is 0.407 e. The minimum absolute atomic E-state index is 0.0205. The Morgan fingerprint density at radius 3 is 2.53 bits per heavy atom. The largest absolute Gasteiger partial charge is 0.446 e. The molecule has 0 saturated heterocycles. The van der Waals surface area contributed by atoms with Crippen molar-refractivity contribution in [3.8, 4) is 11.3 Å². The van der Waals surface area contributed by atoms with Crippen LogP contribution in [0.15, 0.2) is 36.4 Å². The third kappa shape index (κ3) is 3.99. The Morgan fingerprint density at radius 2 is 1.87 bits per heavy atom. The molecule has 1 aliphatic carbocycles. The number of hydrogen-bond donors (Lipinski definition) is 2. The molecule has 1 aliphatic rings. The molecule has 0 aliphatic heterocycles. The number of alkyl halides is 2. The van der Waals surface area contributed by atoms with Gasteiger partial charge in [-0.1, -0.05) is 0 Å². The molecule has 1 heterocycles. The number of fused-ring (bicyclic) bond motifs is 1. The molecule has 0 spiro atoms. The van der Waals surface area contributed by atoms with Crippen molar-refractivity contribution in [1.82, 2.24) is 10.3 Å². The summed E-state index contributed by atoms with van der Waals surface area (Å²) in [5, 5.41) is 2.75. The van der Waals surface area contributed by atoms with Gasteiger partial charge in [-0.15, -0.1) is 0 Å². The highest BCUT2D eigenvalue weighted by molar-refractivity contribution is 5.93. The predicted molar refractivity (Wildman–Crippen MR) is 105 cm³/mol. The lowest BCUT2D eigenvalue weighted by atomic mass is 9.75. The third-order valence-corrected chi connectivity index (χ3v) is 5.42. The first kappa shape index (κ1) is 20.3. The van der Waals surface area contributed by atoms with Gasteiger partial charge < -0.3 is 15.0 Å². The van der Waals surface area contributed by atoms with Gasteiger partial charge in [-0.05, 0) is 78.8 Å². The van der Waals surface area contributed by atoms with Gasteiger partial charge in [0.2, 0.25) is 0 Å². The van der Waals surface area contributed by atoms with Gasteiger partial charge in [0.15, 0.2) is 0 Å². The fraction of sp³-hybridized carbons (Fsp3) is 0.318. The number of carbonyl (C=O) groups is 1. The third-order valence-electron chi connectivity index (χ3n) is 5.42. The Bertz CT molecular complexity index is 1070. The Labute approximate surface area is 170 Å². The van der Waals surface area contributed by atoms with E-state index >= 15 is 0 Å². The van der Waals surface area contributed by atoms with E-state index in [0.717, 1.165) is 33.3 Å². The lowest BCUT2D eigenvalue weighted by Gasteiger charge is -2.35. The van der Waals surface area contributed by atoms with Crippen LogP contribution < -0.4 is 5.32 Å². The molecule has 4 nitrogen and oxygen atoms in total. The van der Waals surface area contributed by atoms with E-state index in [9.17, 15) is 22.4 Å². The van der Waals surface area contributed by atoms with Crippen LogP contribution >= 0.6 is 0 Å². The van der Waals surface area contributed by atoms with Crippen molar-refractivity contribution >= 4 is 17.0 Å². The number of aromatic nitrogens is 1. The van der Waals surface area contributed by atoms with Crippen LogP contribution in [0.2, 0.25) is 0 Å². The fourth-order valence-corrected chi connectivity index (χ4v) is 3.97. The summed E-state index contributed by atoms with van der Waals surface area (Å²) in [6.45, 7) is 1.05. The lowest BCUT2D eigenvalue weighted by Crippen LogP contribution is -2.37. The van der Waals surface area contributed by atoms with E-state index in [2.05, 4.69) is 4.98 Å². The van der Waals surface area contributed by atoms with Crippen molar-refractivity contribution in [3.63, 3.8) is 0 Å². The van der Waals surface area contributed by atoms with E-state index in [4.69, 9.17) is 4.74 Å². The molecule has 0 unspecified atom stereocenters. The number of H-pyrrole nitrogens is 1. The summed E-state index contributed by atoms with van der Waals surface area (Å²) >= 11 is 0. The normalized spacial score (nSPS) is 18.5. The quantitative estimate of drug-likeness (QED) is 0.524. The number of carbonyl (C=O) groups excluding carboxylic acids is 1. The van der Waals surface area contributed by atoms with Crippen molar-refractivity contribution in [2.24, 2.45) is 0 Å². The monoisotopic (exact) mass is 420 g/mol. The van der Waals surface area contributed by atoms with Gasteiger partial charge in [0, 0.05) is 16.6 Å². The number of amides is 1. The van der Waals surface area contributed by atoms with Crippen LogP contribution in [0.3, 0.4) is 0 Å². The Morgan fingerprint density at radius 1 is 1.17 bits per heavy atom. The summed E-state index contributed by atoms with van der Waals surface area (Å²) in [6, 6.07) is 8.93. The summed E-state index contributed by atoms with van der Waals surface area (Å²) in [5.74, 6) is -0.733. The van der Waals surface area contributed by atoms with Gasteiger partial charge in [0.1, 0.15) is 17.7 Å². The zero-order valence-electron chi connectivity index (χ0n) is 16.1. The number of hydrogen-bond acceptors (Lipinski definition) is 2. The second-order valence-corrected chi connectivity index (χ2v) is 7.53. The Kier molecular flexibility index (Phi) is 5.40. The molecule has 158 valence electrons. The number of ether oxygens (including phenoxy) is 1. The maximum atomic E-state index is 14.1. The van der Waals surface area contributed by atoms with E-state index in [1.165, 1.54) is 24.3 Å². The van der Waals surface area contributed by atoms with Crippen LogP contribution in [0, 0.1) is 18.6 Å². The van der Waals surface area contributed by atoms with Gasteiger partial charge in [0.25, 0.3) is 6.43 Å². The van der Waals surface area contributed by atoms with Gasteiger partial charge >= 0.3 is 6.09 Å². The van der Waals surface area contributed by atoms with Crippen molar-refractivity contribution in [2.45, 2.75) is 38.2 Å². The molecule has 3 aromatic rings. The number of aryl methyl sites for hydroxylation is 1. The van der Waals surface area contributed by atoms with Crippen LogP contribution in [0.1, 0.15) is 29.9 Å². The van der Waals surface area contributed by atoms with Crippen molar-refractivity contribution in [3.05, 3.63) is 59.2 Å². The van der Waals surface area contributed by atoms with Crippen LogP contribution in [-0.2, 0) is 4.74 Å². The average Bonchev–Trinajstić information content (AvgIpc) is 3.02. The minimum Gasteiger partial charge on any atom is -0.446 e. The molecule has 4 rings (SSSR count). The number of nitrogens with one attached hydrogen (secondary N) is 2. The fourth-order valence-electron chi connectivity index (χ4n) is 3.97. The first-order valence-electron chi connectivity index (χ1n) is 9.62. The number of alkyl carbamates (subject to hydrolysis) is 1. The van der Waals surface area contributed by atoms with Gasteiger partial charge in [0.05, 0.1) is 6.54 Å². The molecule has 1 aromatic heterocycles. The molecule has 0 atom stereocenters. The zero-order valence-corrected chi connectivity index (χ0v) is 16.1. The first-order chi connectivity index (χ1) is 14.3. The van der Waals surface area contributed by atoms with Crippen molar-refractivity contribution in [1.29, 1.82) is 0 Å². The van der Waals surface area contributed by atoms with Crippen LogP contribution in [-0.4, -0.2) is 30.2 Å². The minimum atomic E-state index is -2.64. The number of rotatable bonds is 5. The SMILES string of the molecule is Cc1cc(F)cc2c1[nH]c(-c1ccc(F)cc1)c2[C@H]1C[C@H](OC(=O)NCC(F)F)C1. The molecule has 1 saturated carbocycles. The average molecular weight is 420 g/mol. The highest BCUT2D eigenvalue weighted by Crippen LogP contribution is 2.46. The summed E-state index contributed by atoms with van der Waals surface area (Å²) in [5.41, 5.74) is 3.96. The molecule has 1 amide bonds. The second kappa shape index (κ2) is 8.01. The van der Waals surface area contributed by atoms with Crippen LogP contribution in [0.5, 0.6) is 0 Å². The van der Waals surface area contributed by atoms with E-state index in [0.29, 0.717) is 12.8 Å². The molecule has 1 fully saturated rings. The summed E-state index contributed by atoms with van der Waals surface area (Å²) < 4.78 is 57.1. The lowest BCUT2D eigenvalue weighted by molar-refractivity contribution is 0.0361. The molecule has 8 heteroatoms. The highest BCUT2D eigenvalue weighted by Gasteiger charge is 2.37. The van der Waals surface area contributed by atoms with Crippen LogP contribution in [0.25, 0.3) is 22.2 Å². The van der Waals surface area contributed by atoms with E-state index in [1.807, 2.05) is 5.32 Å². The smallest absolute Gasteiger partial charge is 0.407 e. The highest BCUT2D eigenvalue weighted by atomic mass is 19.3. The number of benzene rings is 2. The molecule has 30 heavy (non-hydrogen) atoms. The van der Waals surface area contributed by atoms with Gasteiger partial charge in [-0.2, -0.15) is 0 Å². The molecular formula is C22H20F4N2O2. The molecule has 2 N–H and O–H groups in total. The van der Waals surface area contributed by atoms with E-state index in [-0.39, 0.29) is 17.6 Å². The van der Waals surface area contributed by atoms with Crippen molar-refractivity contribution in [2.75, 3.05) is 6.54 Å². The van der Waals surface area contributed by atoms with E-state index in [1.54, 1.807) is 19.1 Å². The summed E-state index contributed by atoms with van der Waals surface area (Å²) in [7, 11) is 0. The molecule has 0 radical (unpaired) electrons. The maximum absolute atomic E-state index is 14.1. The molecular weight excluding hydrogens is 400 g/mol. The topological polar surface area (TPSA) is 54.1 Å². The van der Waals surface area contributed by atoms with Gasteiger partial charge in [-0.3, -0.25) is 0 Å². The standard InChI is InChI=1S/C22H20F4N2O2/c1-11-6-15(24)9-17-19(13-7-16(8-13)30-22(29)27-10-18(25)26)21(28-20(11)17)12-2-4-14(23)5-3-12/h2-6,9,13,16,18,28H,7-8,10H2,1H3,(H,27,29)/t13-,16-. The predicted octanol–water partition coefficient (Wildman–Crippen LogP) is 5.66. The Hall–Kier alpha value is -3.03. The van der Waals surface area contributed by atoms with Crippen LogP contribution in [0.4, 0.5) is 22.4 Å². The van der Waals surface area contributed by atoms with Gasteiger partial charge in [-0.25, -0.2) is 22.4 Å². The summed E-state index contributed by atoms with van der Waals surface area (Å²) in [6.07, 6.45) is -2.96. The van der Waals surface area contributed by atoms with E-state index < -0.39 is 25.2 Å². The molecule has 0 bridgehead atoms.